The Morgan fingerprint density at radius 2 is 2.10 bits per heavy atom. The molecule has 102 valence electrons. The summed E-state index contributed by atoms with van der Waals surface area (Å²) < 4.78 is 5.71. The van der Waals surface area contributed by atoms with Crippen LogP contribution in [0.2, 0.25) is 0 Å². The number of rotatable bonds is 4. The van der Waals surface area contributed by atoms with E-state index >= 15 is 0 Å². The molecule has 0 aliphatic heterocycles. The zero-order valence-electron chi connectivity index (χ0n) is 11.6. The van der Waals surface area contributed by atoms with Crippen LogP contribution < -0.4 is 10.1 Å². The monoisotopic (exact) mass is 267 g/mol. The third kappa shape index (κ3) is 2.59. The van der Waals surface area contributed by atoms with Crippen LogP contribution in [0.4, 0.5) is 11.4 Å². The molecule has 0 saturated carbocycles. The molecular weight excluding hydrogens is 250 g/mol. The molecule has 0 aliphatic rings. The highest BCUT2D eigenvalue weighted by atomic mass is 16.5. The van der Waals surface area contributed by atoms with Gasteiger partial charge in [-0.05, 0) is 38.1 Å². The van der Waals surface area contributed by atoms with Crippen molar-refractivity contribution in [1.29, 1.82) is 0 Å². The summed E-state index contributed by atoms with van der Waals surface area (Å²) in [5.74, 6) is 0.865. The lowest BCUT2D eigenvalue weighted by atomic mass is 10.2. The van der Waals surface area contributed by atoms with Crippen molar-refractivity contribution in [3.63, 3.8) is 0 Å². The Balaban J connectivity index is 1.89. The van der Waals surface area contributed by atoms with Gasteiger partial charge in [0, 0.05) is 29.5 Å². The van der Waals surface area contributed by atoms with Gasteiger partial charge < -0.3 is 15.0 Å². The lowest BCUT2D eigenvalue weighted by Gasteiger charge is -2.12. The van der Waals surface area contributed by atoms with Crippen molar-refractivity contribution in [2.24, 2.45) is 0 Å². The Morgan fingerprint density at radius 3 is 2.95 bits per heavy atom. The maximum Gasteiger partial charge on any atom is 0.139 e. The maximum absolute atomic E-state index is 5.71. The Kier molecular flexibility index (Phi) is 3.29. The summed E-state index contributed by atoms with van der Waals surface area (Å²) in [6.07, 6.45) is 3.85. The summed E-state index contributed by atoms with van der Waals surface area (Å²) in [7, 11) is 0. The first kappa shape index (κ1) is 12.5. The summed E-state index contributed by atoms with van der Waals surface area (Å²) >= 11 is 0. The largest absolute Gasteiger partial charge is 0.491 e. The van der Waals surface area contributed by atoms with Gasteiger partial charge in [0.25, 0.3) is 0 Å². The number of aromatic amines is 1. The summed E-state index contributed by atoms with van der Waals surface area (Å²) in [6, 6.07) is 11.9. The third-order valence-electron chi connectivity index (χ3n) is 2.95. The van der Waals surface area contributed by atoms with Crippen molar-refractivity contribution >= 4 is 22.4 Å². The van der Waals surface area contributed by atoms with Gasteiger partial charge in [-0.2, -0.15) is 0 Å². The van der Waals surface area contributed by atoms with E-state index < -0.39 is 0 Å². The van der Waals surface area contributed by atoms with Crippen LogP contribution in [0.25, 0.3) is 11.0 Å². The fourth-order valence-electron chi connectivity index (χ4n) is 2.14. The van der Waals surface area contributed by atoms with Crippen LogP contribution in [-0.2, 0) is 0 Å². The Bertz CT molecular complexity index is 718. The molecule has 4 heteroatoms. The number of aromatic nitrogens is 2. The number of hydrogen-bond donors (Lipinski definition) is 2. The predicted octanol–water partition coefficient (Wildman–Crippen LogP) is 4.09. The molecular formula is C16H17N3O. The fourth-order valence-corrected chi connectivity index (χ4v) is 2.14. The van der Waals surface area contributed by atoms with Gasteiger partial charge in [0.1, 0.15) is 11.4 Å². The number of nitrogens with one attached hydrogen (secondary N) is 2. The molecule has 1 aromatic carbocycles. The first-order valence-electron chi connectivity index (χ1n) is 6.68. The quantitative estimate of drug-likeness (QED) is 0.748. The Hall–Kier alpha value is -2.49. The van der Waals surface area contributed by atoms with E-state index in [0.717, 1.165) is 28.2 Å². The molecule has 20 heavy (non-hydrogen) atoms. The molecule has 2 aromatic heterocycles. The highest BCUT2D eigenvalue weighted by molar-refractivity contribution is 5.91. The van der Waals surface area contributed by atoms with Crippen molar-refractivity contribution in [1.82, 2.24) is 9.97 Å². The minimum absolute atomic E-state index is 0.169. The van der Waals surface area contributed by atoms with Crippen molar-refractivity contribution in [2.75, 3.05) is 5.32 Å². The normalized spacial score (nSPS) is 10.9. The number of nitrogens with zero attached hydrogens (tertiary/aromatic N) is 1. The van der Waals surface area contributed by atoms with E-state index in [2.05, 4.69) is 15.3 Å². The molecule has 0 atom stereocenters. The zero-order chi connectivity index (χ0) is 13.9. The SMILES string of the molecule is CC(C)Oc1cccc(Nc2ccnc3[nH]ccc23)c1. The predicted molar refractivity (Wildman–Crippen MR) is 81.6 cm³/mol. The van der Waals surface area contributed by atoms with Gasteiger partial charge in [-0.15, -0.1) is 0 Å². The van der Waals surface area contributed by atoms with E-state index in [0.29, 0.717) is 0 Å². The van der Waals surface area contributed by atoms with Crippen LogP contribution in [0.1, 0.15) is 13.8 Å². The van der Waals surface area contributed by atoms with E-state index in [1.165, 1.54) is 0 Å². The minimum Gasteiger partial charge on any atom is -0.491 e. The molecule has 0 amide bonds. The first-order chi connectivity index (χ1) is 9.72. The average Bonchev–Trinajstić information content (AvgIpc) is 2.88. The molecule has 0 radical (unpaired) electrons. The summed E-state index contributed by atoms with van der Waals surface area (Å²) in [4.78, 5) is 7.39. The van der Waals surface area contributed by atoms with Gasteiger partial charge in [-0.25, -0.2) is 4.98 Å². The highest BCUT2D eigenvalue weighted by Crippen LogP contribution is 2.26. The Labute approximate surface area is 117 Å². The second-order valence-corrected chi connectivity index (χ2v) is 4.92. The van der Waals surface area contributed by atoms with E-state index in [4.69, 9.17) is 4.74 Å². The van der Waals surface area contributed by atoms with Gasteiger partial charge in [0.15, 0.2) is 0 Å². The summed E-state index contributed by atoms with van der Waals surface area (Å²) in [5, 5.41) is 4.48. The number of anilines is 2. The van der Waals surface area contributed by atoms with Crippen molar-refractivity contribution in [3.8, 4) is 5.75 Å². The summed E-state index contributed by atoms with van der Waals surface area (Å²) in [6.45, 7) is 4.04. The van der Waals surface area contributed by atoms with Gasteiger partial charge in [0.2, 0.25) is 0 Å². The molecule has 0 bridgehead atoms. The van der Waals surface area contributed by atoms with Gasteiger partial charge in [-0.3, -0.25) is 0 Å². The first-order valence-corrected chi connectivity index (χ1v) is 6.68. The van der Waals surface area contributed by atoms with E-state index in [-0.39, 0.29) is 6.10 Å². The average molecular weight is 267 g/mol. The van der Waals surface area contributed by atoms with E-state index in [1.807, 2.05) is 56.4 Å². The number of H-pyrrole nitrogens is 1. The van der Waals surface area contributed by atoms with Crippen LogP contribution in [0.3, 0.4) is 0 Å². The van der Waals surface area contributed by atoms with E-state index in [1.54, 1.807) is 6.20 Å². The zero-order valence-corrected chi connectivity index (χ0v) is 11.6. The number of fused-ring (bicyclic) bond motifs is 1. The standard InChI is InChI=1S/C16H17N3O/c1-11(2)20-13-5-3-4-12(10-13)19-15-7-9-18-16-14(15)6-8-17-16/h3-11H,1-2H3,(H2,17,18,19). The van der Waals surface area contributed by atoms with Gasteiger partial charge >= 0.3 is 0 Å². The fraction of sp³-hybridized carbons (Fsp3) is 0.188. The van der Waals surface area contributed by atoms with Crippen LogP contribution in [0.15, 0.2) is 48.8 Å². The molecule has 4 nitrogen and oxygen atoms in total. The summed E-state index contributed by atoms with van der Waals surface area (Å²) in [5.41, 5.74) is 2.90. The Morgan fingerprint density at radius 1 is 1.20 bits per heavy atom. The molecule has 3 rings (SSSR count). The second kappa shape index (κ2) is 5.25. The number of pyridine rings is 1. The molecule has 0 spiro atoms. The molecule has 0 unspecified atom stereocenters. The number of benzene rings is 1. The molecule has 0 aliphatic carbocycles. The lowest BCUT2D eigenvalue weighted by Crippen LogP contribution is -2.05. The molecule has 0 fully saturated rings. The van der Waals surface area contributed by atoms with Crippen molar-refractivity contribution in [3.05, 3.63) is 48.8 Å². The molecule has 0 saturated heterocycles. The van der Waals surface area contributed by atoms with Crippen molar-refractivity contribution in [2.45, 2.75) is 20.0 Å². The third-order valence-corrected chi connectivity index (χ3v) is 2.95. The topological polar surface area (TPSA) is 49.9 Å². The van der Waals surface area contributed by atoms with Crippen LogP contribution in [-0.4, -0.2) is 16.1 Å². The van der Waals surface area contributed by atoms with Crippen LogP contribution >= 0.6 is 0 Å². The molecule has 3 aromatic rings. The number of hydrogen-bond acceptors (Lipinski definition) is 3. The smallest absolute Gasteiger partial charge is 0.139 e. The van der Waals surface area contributed by atoms with Crippen LogP contribution in [0.5, 0.6) is 5.75 Å². The van der Waals surface area contributed by atoms with E-state index in [9.17, 15) is 0 Å². The van der Waals surface area contributed by atoms with Gasteiger partial charge in [-0.1, -0.05) is 6.07 Å². The lowest BCUT2D eigenvalue weighted by molar-refractivity contribution is 0.242. The molecule has 2 heterocycles. The minimum atomic E-state index is 0.169. The maximum atomic E-state index is 5.71. The van der Waals surface area contributed by atoms with Gasteiger partial charge in [0.05, 0.1) is 11.8 Å². The molecule has 2 N–H and O–H groups in total. The van der Waals surface area contributed by atoms with Crippen molar-refractivity contribution < 1.29 is 4.74 Å². The highest BCUT2D eigenvalue weighted by Gasteiger charge is 2.04. The second-order valence-electron chi connectivity index (χ2n) is 4.92. The van der Waals surface area contributed by atoms with Crippen LogP contribution in [0, 0.1) is 0 Å². The number of ether oxygens (including phenoxy) is 1.